The van der Waals surface area contributed by atoms with Gasteiger partial charge in [-0.2, -0.15) is 5.01 Å². The predicted molar refractivity (Wildman–Crippen MR) is 67.0 cm³/mol. The number of carbonyl (C=O) groups excluding carboxylic acids is 1. The lowest BCUT2D eigenvalue weighted by Gasteiger charge is -2.13. The van der Waals surface area contributed by atoms with Gasteiger partial charge in [0.15, 0.2) is 0 Å². The third-order valence-corrected chi connectivity index (χ3v) is 2.43. The van der Waals surface area contributed by atoms with E-state index in [1.165, 1.54) is 0 Å². The number of hydrogen-bond donors (Lipinski definition) is 1. The molecule has 18 heavy (non-hydrogen) atoms. The number of nitrogens with zero attached hydrogens (tertiary/aromatic N) is 4. The van der Waals surface area contributed by atoms with Crippen LogP contribution in [-0.2, 0) is 6.54 Å². The summed E-state index contributed by atoms with van der Waals surface area (Å²) in [5.74, 6) is 0.812. The maximum atomic E-state index is 11.5. The van der Waals surface area contributed by atoms with Gasteiger partial charge in [0.05, 0.1) is 11.8 Å². The highest BCUT2D eigenvalue weighted by Crippen LogP contribution is 2.03. The fourth-order valence-corrected chi connectivity index (χ4v) is 1.46. The molecular formula is C10H14ClN5O2. The first-order valence-corrected chi connectivity index (χ1v) is 5.85. The van der Waals surface area contributed by atoms with Gasteiger partial charge in [-0.15, -0.1) is 16.5 Å². The third-order valence-electron chi connectivity index (χ3n) is 2.26. The first kappa shape index (κ1) is 14.3. The van der Waals surface area contributed by atoms with E-state index in [9.17, 15) is 9.70 Å². The molecule has 1 aromatic heterocycles. The maximum Gasteiger partial charge on any atom is 0.340 e. The Labute approximate surface area is 109 Å². The van der Waals surface area contributed by atoms with Crippen LogP contribution in [0.5, 0.6) is 0 Å². The maximum absolute atomic E-state index is 11.5. The molecule has 1 heterocycles. The number of aryl methyl sites for hydroxylation is 2. The fraction of sp³-hybridized carbons (Fsp3) is 0.500. The van der Waals surface area contributed by atoms with E-state index in [4.69, 9.17) is 11.6 Å². The van der Waals surface area contributed by atoms with Crippen molar-refractivity contribution in [2.75, 3.05) is 12.4 Å². The van der Waals surface area contributed by atoms with Crippen LogP contribution in [0, 0.1) is 18.8 Å². The van der Waals surface area contributed by atoms with Gasteiger partial charge < -0.3 is 5.32 Å². The van der Waals surface area contributed by atoms with Gasteiger partial charge in [-0.05, 0) is 13.8 Å². The summed E-state index contributed by atoms with van der Waals surface area (Å²) in [6.45, 7) is 3.91. The van der Waals surface area contributed by atoms with Crippen LogP contribution in [0.2, 0.25) is 0 Å². The van der Waals surface area contributed by atoms with Crippen molar-refractivity contribution < 1.29 is 4.79 Å². The van der Waals surface area contributed by atoms with Crippen molar-refractivity contribution in [1.82, 2.24) is 20.3 Å². The molecule has 0 radical (unpaired) electrons. The molecule has 2 amide bonds. The van der Waals surface area contributed by atoms with E-state index in [-0.39, 0.29) is 19.0 Å². The third kappa shape index (κ3) is 3.92. The van der Waals surface area contributed by atoms with Gasteiger partial charge in [-0.1, -0.05) is 0 Å². The standard InChI is InChI=1S/C10H14ClN5O2/c1-7-9(5-12-8(2)14-7)6-13-10(17)16(15-18)4-3-11/h5H,3-4,6H2,1-2H3,(H,13,17). The van der Waals surface area contributed by atoms with E-state index in [1.54, 1.807) is 13.1 Å². The van der Waals surface area contributed by atoms with Crippen LogP contribution in [0.4, 0.5) is 4.79 Å². The molecule has 0 aliphatic heterocycles. The van der Waals surface area contributed by atoms with Crippen molar-refractivity contribution in [3.05, 3.63) is 28.2 Å². The zero-order valence-electron chi connectivity index (χ0n) is 10.2. The molecule has 0 saturated heterocycles. The number of nitrogens with one attached hydrogen (secondary N) is 1. The smallest absolute Gasteiger partial charge is 0.332 e. The summed E-state index contributed by atoms with van der Waals surface area (Å²) in [6.07, 6.45) is 1.64. The van der Waals surface area contributed by atoms with Crippen LogP contribution in [0.1, 0.15) is 17.1 Å². The Morgan fingerprint density at radius 2 is 2.28 bits per heavy atom. The molecule has 0 aliphatic carbocycles. The summed E-state index contributed by atoms with van der Waals surface area (Å²) in [4.78, 5) is 30.1. The quantitative estimate of drug-likeness (QED) is 0.500. The second-order valence-corrected chi connectivity index (χ2v) is 3.96. The number of amides is 2. The molecule has 0 atom stereocenters. The molecule has 0 bridgehead atoms. The summed E-state index contributed by atoms with van der Waals surface area (Å²) in [6, 6.07) is -0.592. The SMILES string of the molecule is Cc1ncc(CNC(=O)N(CCCl)N=O)c(C)n1. The molecule has 0 spiro atoms. The zero-order chi connectivity index (χ0) is 13.5. The highest BCUT2D eigenvalue weighted by Gasteiger charge is 2.13. The molecule has 0 aromatic carbocycles. The summed E-state index contributed by atoms with van der Waals surface area (Å²) >= 11 is 5.44. The molecule has 0 fully saturated rings. The Kier molecular flexibility index (Phi) is 5.44. The Morgan fingerprint density at radius 3 is 2.83 bits per heavy atom. The van der Waals surface area contributed by atoms with E-state index < -0.39 is 6.03 Å². The molecule has 98 valence electrons. The molecule has 8 heteroatoms. The number of carbonyl (C=O) groups is 1. The first-order valence-electron chi connectivity index (χ1n) is 5.32. The molecule has 7 nitrogen and oxygen atoms in total. The monoisotopic (exact) mass is 271 g/mol. The predicted octanol–water partition coefficient (Wildman–Crippen LogP) is 1.53. The molecule has 1 aromatic rings. The fourth-order valence-electron chi connectivity index (χ4n) is 1.30. The van der Waals surface area contributed by atoms with Crippen LogP contribution < -0.4 is 5.32 Å². The van der Waals surface area contributed by atoms with Crippen LogP contribution in [0.15, 0.2) is 11.5 Å². The van der Waals surface area contributed by atoms with Gasteiger partial charge >= 0.3 is 6.03 Å². The van der Waals surface area contributed by atoms with Gasteiger partial charge in [0.25, 0.3) is 0 Å². The van der Waals surface area contributed by atoms with Crippen molar-refractivity contribution in [3.63, 3.8) is 0 Å². The van der Waals surface area contributed by atoms with E-state index >= 15 is 0 Å². The van der Waals surface area contributed by atoms with E-state index in [2.05, 4.69) is 20.6 Å². The van der Waals surface area contributed by atoms with Crippen molar-refractivity contribution in [2.24, 2.45) is 5.29 Å². The summed E-state index contributed by atoms with van der Waals surface area (Å²) < 4.78 is 0. The van der Waals surface area contributed by atoms with Crippen molar-refractivity contribution in [2.45, 2.75) is 20.4 Å². The number of alkyl halides is 1. The zero-order valence-corrected chi connectivity index (χ0v) is 10.9. The van der Waals surface area contributed by atoms with Gasteiger partial charge in [0.2, 0.25) is 0 Å². The van der Waals surface area contributed by atoms with Crippen molar-refractivity contribution in [3.8, 4) is 0 Å². The second kappa shape index (κ2) is 6.85. The number of nitroso groups, excluding NO2 is 1. The van der Waals surface area contributed by atoms with E-state index in [0.717, 1.165) is 16.3 Å². The summed E-state index contributed by atoms with van der Waals surface area (Å²) in [7, 11) is 0. The molecule has 0 aliphatic rings. The van der Waals surface area contributed by atoms with Crippen LogP contribution in [0.25, 0.3) is 0 Å². The van der Waals surface area contributed by atoms with Crippen LogP contribution >= 0.6 is 11.6 Å². The topological polar surface area (TPSA) is 87.5 Å². The summed E-state index contributed by atoms with van der Waals surface area (Å²) in [5.41, 5.74) is 1.57. The molecule has 0 unspecified atom stereocenters. The van der Waals surface area contributed by atoms with E-state index in [0.29, 0.717) is 5.82 Å². The Hall–Kier alpha value is -1.76. The normalized spacial score (nSPS) is 9.94. The molecule has 1 N–H and O–H groups in total. The number of aromatic nitrogens is 2. The number of urea groups is 1. The van der Waals surface area contributed by atoms with Crippen LogP contribution in [-0.4, -0.2) is 33.4 Å². The minimum atomic E-state index is -0.592. The average Bonchev–Trinajstić information content (AvgIpc) is 2.34. The number of hydrogen-bond acceptors (Lipinski definition) is 5. The lowest BCUT2D eigenvalue weighted by atomic mass is 10.2. The largest absolute Gasteiger partial charge is 0.340 e. The minimum absolute atomic E-state index is 0.0697. The minimum Gasteiger partial charge on any atom is -0.332 e. The average molecular weight is 272 g/mol. The Balaban J connectivity index is 2.59. The summed E-state index contributed by atoms with van der Waals surface area (Å²) in [5, 5.41) is 5.87. The molecule has 1 rings (SSSR count). The first-order chi connectivity index (χ1) is 8.58. The van der Waals surface area contributed by atoms with Gasteiger partial charge in [-0.25, -0.2) is 14.8 Å². The highest BCUT2D eigenvalue weighted by atomic mass is 35.5. The van der Waals surface area contributed by atoms with Gasteiger partial charge in [0.1, 0.15) is 5.82 Å². The van der Waals surface area contributed by atoms with Gasteiger partial charge in [0, 0.05) is 29.9 Å². The van der Waals surface area contributed by atoms with Crippen molar-refractivity contribution in [1.29, 1.82) is 0 Å². The number of rotatable bonds is 5. The second-order valence-electron chi connectivity index (χ2n) is 3.58. The van der Waals surface area contributed by atoms with Crippen LogP contribution in [0.3, 0.4) is 0 Å². The molecule has 0 saturated carbocycles. The number of halogens is 1. The Morgan fingerprint density at radius 1 is 1.56 bits per heavy atom. The Bertz CT molecular complexity index is 440. The molecular weight excluding hydrogens is 258 g/mol. The highest BCUT2D eigenvalue weighted by molar-refractivity contribution is 6.18. The van der Waals surface area contributed by atoms with Gasteiger partial charge in [-0.3, -0.25) is 0 Å². The van der Waals surface area contributed by atoms with Crippen molar-refractivity contribution >= 4 is 17.6 Å². The lowest BCUT2D eigenvalue weighted by molar-refractivity contribution is 0.202. The lowest BCUT2D eigenvalue weighted by Crippen LogP contribution is -2.37. The van der Waals surface area contributed by atoms with E-state index in [1.807, 2.05) is 6.92 Å².